The Labute approximate surface area is 357 Å². The molecule has 326 valence electrons. The topological polar surface area (TPSA) is 160 Å². The number of aryl methyl sites for hydroxylation is 1. The van der Waals surface area contributed by atoms with E-state index in [-0.39, 0.29) is 41.7 Å². The summed E-state index contributed by atoms with van der Waals surface area (Å²) < 4.78 is 34.7. The number of imide groups is 1. The Kier molecular flexibility index (Phi) is 11.9. The summed E-state index contributed by atoms with van der Waals surface area (Å²) in [5.41, 5.74) is 1.83. The van der Waals surface area contributed by atoms with Crippen LogP contribution in [0.4, 0.5) is 20.3 Å². The highest BCUT2D eigenvalue weighted by Gasteiger charge is 2.32. The first kappa shape index (κ1) is 41.4. The molecule has 1 aromatic carbocycles. The zero-order valence-electron chi connectivity index (χ0n) is 34.9. The standard InChI is InChI=1S/C44H52F2N12O4/c1-52-39-30(8-6-10-34(39)58(44(52)62)35-15-16-37(59)50-43(35)61)9-7-18-53-22-24-54(25-23-53)27-29-11-13-31(14-12-29)57-28-33(38(51-57)40(45)46)48-42(60)32-26-47-56-21-17-36(49-41(32)56)55-19-4-2-3-5-20-55/h6,8,10,17,21,26,28-29,31,35,40H,2-5,11-16,18-20,22-25,27H2,1H3,(H,48,60)(H,50,59,61)/t29-,31-,35?. The second-order valence-corrected chi connectivity index (χ2v) is 17.1. The second-order valence-electron chi connectivity index (χ2n) is 17.1. The number of alkyl halides is 2. The van der Waals surface area contributed by atoms with Gasteiger partial charge in [0.05, 0.1) is 41.1 Å². The van der Waals surface area contributed by atoms with Crippen molar-refractivity contribution in [1.82, 2.24) is 48.6 Å². The summed E-state index contributed by atoms with van der Waals surface area (Å²) in [5.74, 6) is 6.49. The van der Waals surface area contributed by atoms with Crippen LogP contribution < -0.4 is 21.2 Å². The summed E-state index contributed by atoms with van der Waals surface area (Å²) in [6.07, 6.45) is 10.4. The van der Waals surface area contributed by atoms with Crippen LogP contribution in [0.1, 0.15) is 104 Å². The number of carbonyl (C=O) groups excluding carboxylic acids is 3. The monoisotopic (exact) mass is 850 g/mol. The van der Waals surface area contributed by atoms with Gasteiger partial charge in [-0.15, -0.1) is 0 Å². The molecule has 4 aliphatic rings. The van der Waals surface area contributed by atoms with Gasteiger partial charge in [0.2, 0.25) is 11.8 Å². The van der Waals surface area contributed by atoms with Crippen molar-refractivity contribution in [3.8, 4) is 11.8 Å². The maximum absolute atomic E-state index is 14.3. The number of para-hydroxylation sites is 1. The minimum absolute atomic E-state index is 0.00393. The van der Waals surface area contributed by atoms with Gasteiger partial charge in [0, 0.05) is 71.7 Å². The van der Waals surface area contributed by atoms with E-state index in [9.17, 15) is 28.0 Å². The van der Waals surface area contributed by atoms with Gasteiger partial charge in [-0.25, -0.2) is 23.1 Å². The highest BCUT2D eigenvalue weighted by atomic mass is 19.3. The van der Waals surface area contributed by atoms with Crippen molar-refractivity contribution in [2.24, 2.45) is 13.0 Å². The van der Waals surface area contributed by atoms with E-state index in [4.69, 9.17) is 4.98 Å². The maximum Gasteiger partial charge on any atom is 0.329 e. The first-order chi connectivity index (χ1) is 30.1. The van der Waals surface area contributed by atoms with Crippen LogP contribution in [0.25, 0.3) is 16.7 Å². The summed E-state index contributed by atoms with van der Waals surface area (Å²) in [7, 11) is 1.68. The van der Waals surface area contributed by atoms with Crippen LogP contribution in [0.2, 0.25) is 0 Å². The first-order valence-corrected chi connectivity index (χ1v) is 21.9. The van der Waals surface area contributed by atoms with E-state index in [1.165, 1.54) is 32.7 Å². The molecule has 1 unspecified atom stereocenters. The molecule has 7 heterocycles. The fraction of sp³-hybridized carbons (Fsp3) is 0.523. The predicted octanol–water partition coefficient (Wildman–Crippen LogP) is 4.53. The minimum atomic E-state index is -2.85. The van der Waals surface area contributed by atoms with Gasteiger partial charge < -0.3 is 15.1 Å². The summed E-state index contributed by atoms with van der Waals surface area (Å²) in [6, 6.07) is 6.63. The molecule has 16 nitrogen and oxygen atoms in total. The third-order valence-electron chi connectivity index (χ3n) is 13.1. The number of aromatic nitrogens is 7. The maximum atomic E-state index is 14.3. The number of halogens is 2. The quantitative estimate of drug-likeness (QED) is 0.160. The Morgan fingerprint density at radius 3 is 2.45 bits per heavy atom. The van der Waals surface area contributed by atoms with E-state index < -0.39 is 30.0 Å². The summed E-state index contributed by atoms with van der Waals surface area (Å²) in [4.78, 5) is 63.0. The molecule has 5 aromatic rings. The second kappa shape index (κ2) is 17.8. The first-order valence-electron chi connectivity index (χ1n) is 21.9. The highest BCUT2D eigenvalue weighted by molar-refractivity contribution is 6.08. The SMILES string of the molecule is Cn1c(=O)n(C2CCC(=O)NC2=O)c2cccc(C#CCN3CCN(C[C@H]4CC[C@H](n5cc(NC(=O)c6cnn7ccc(N8CCCCCC8)nc67)c(C(F)F)n5)CC4)CC3)c21. The largest absolute Gasteiger partial charge is 0.357 e. The van der Waals surface area contributed by atoms with Gasteiger partial charge in [-0.2, -0.15) is 10.2 Å². The number of hydrogen-bond donors (Lipinski definition) is 2. The van der Waals surface area contributed by atoms with Crippen molar-refractivity contribution in [2.45, 2.75) is 82.7 Å². The van der Waals surface area contributed by atoms with Gasteiger partial charge in [-0.05, 0) is 69.1 Å². The van der Waals surface area contributed by atoms with Crippen molar-refractivity contribution < 1.29 is 23.2 Å². The van der Waals surface area contributed by atoms with E-state index in [1.807, 2.05) is 24.3 Å². The number of carbonyl (C=O) groups is 3. The average Bonchev–Trinajstić information content (AvgIpc) is 3.88. The molecule has 4 fully saturated rings. The lowest BCUT2D eigenvalue weighted by atomic mass is 9.85. The molecule has 1 saturated carbocycles. The Morgan fingerprint density at radius 1 is 0.952 bits per heavy atom. The van der Waals surface area contributed by atoms with Crippen molar-refractivity contribution in [3.63, 3.8) is 0 Å². The molecule has 0 radical (unpaired) electrons. The number of rotatable bonds is 9. The number of amides is 3. The van der Waals surface area contributed by atoms with Crippen LogP contribution in [0.15, 0.2) is 47.7 Å². The van der Waals surface area contributed by atoms with Crippen LogP contribution in [0.3, 0.4) is 0 Å². The zero-order valence-corrected chi connectivity index (χ0v) is 34.9. The Bertz CT molecular complexity index is 2600. The molecule has 3 amide bonds. The number of hydrogen-bond acceptors (Lipinski definition) is 10. The van der Waals surface area contributed by atoms with Crippen molar-refractivity contribution in [3.05, 3.63) is 70.2 Å². The number of imidazole rings is 1. The smallest absolute Gasteiger partial charge is 0.329 e. The normalized spacial score (nSPS) is 21.9. The summed E-state index contributed by atoms with van der Waals surface area (Å²) in [5, 5.41) is 13.6. The van der Waals surface area contributed by atoms with Crippen LogP contribution in [0.5, 0.6) is 0 Å². The molecule has 4 aromatic heterocycles. The molecule has 0 bridgehead atoms. The van der Waals surface area contributed by atoms with Gasteiger partial charge in [0.1, 0.15) is 17.4 Å². The summed E-state index contributed by atoms with van der Waals surface area (Å²) >= 11 is 0. The fourth-order valence-electron chi connectivity index (χ4n) is 9.64. The van der Waals surface area contributed by atoms with Crippen molar-refractivity contribution >= 4 is 45.9 Å². The fourth-order valence-corrected chi connectivity index (χ4v) is 9.64. The number of benzene rings is 1. The number of piperazine rings is 1. The minimum Gasteiger partial charge on any atom is -0.357 e. The van der Waals surface area contributed by atoms with Crippen LogP contribution in [0, 0.1) is 17.8 Å². The van der Waals surface area contributed by atoms with E-state index >= 15 is 0 Å². The van der Waals surface area contributed by atoms with Crippen molar-refractivity contribution in [1.29, 1.82) is 0 Å². The number of nitrogens with zero attached hydrogens (tertiary/aromatic N) is 10. The molecule has 18 heteroatoms. The van der Waals surface area contributed by atoms with E-state index in [1.54, 1.807) is 24.1 Å². The van der Waals surface area contributed by atoms with Gasteiger partial charge in [0.15, 0.2) is 11.3 Å². The molecule has 9 rings (SSSR count). The van der Waals surface area contributed by atoms with E-state index in [0.717, 1.165) is 90.2 Å². The molecule has 2 N–H and O–H groups in total. The molecule has 3 aliphatic heterocycles. The van der Waals surface area contributed by atoms with Crippen LogP contribution in [-0.2, 0) is 16.6 Å². The lowest BCUT2D eigenvalue weighted by molar-refractivity contribution is -0.135. The molecule has 3 saturated heterocycles. The molecular formula is C44H52F2N12O4. The van der Waals surface area contributed by atoms with Crippen LogP contribution in [-0.4, -0.2) is 113 Å². The average molecular weight is 851 g/mol. The third-order valence-corrected chi connectivity index (χ3v) is 13.1. The Hall–Kier alpha value is -5.93. The third kappa shape index (κ3) is 8.47. The highest BCUT2D eigenvalue weighted by Crippen LogP contribution is 2.36. The lowest BCUT2D eigenvalue weighted by Crippen LogP contribution is -2.48. The lowest BCUT2D eigenvalue weighted by Gasteiger charge is -2.37. The van der Waals surface area contributed by atoms with Crippen molar-refractivity contribution in [2.75, 3.05) is 62.6 Å². The predicted molar refractivity (Wildman–Crippen MR) is 228 cm³/mol. The zero-order chi connectivity index (χ0) is 42.9. The van der Waals surface area contributed by atoms with Gasteiger partial charge in [-0.3, -0.25) is 38.4 Å². The van der Waals surface area contributed by atoms with Gasteiger partial charge in [-0.1, -0.05) is 30.7 Å². The molecule has 1 atom stereocenters. The number of fused-ring (bicyclic) bond motifs is 2. The molecular weight excluding hydrogens is 799 g/mol. The number of nitrogens with one attached hydrogen (secondary N) is 2. The molecule has 62 heavy (non-hydrogen) atoms. The van der Waals surface area contributed by atoms with Gasteiger partial charge >= 0.3 is 5.69 Å². The number of piperidine rings is 1. The Balaban J connectivity index is 0.769. The summed E-state index contributed by atoms with van der Waals surface area (Å²) in [6.45, 7) is 6.94. The Morgan fingerprint density at radius 2 is 1.71 bits per heavy atom. The van der Waals surface area contributed by atoms with Crippen LogP contribution >= 0.6 is 0 Å². The molecule has 0 spiro atoms. The van der Waals surface area contributed by atoms with E-state index in [0.29, 0.717) is 34.7 Å². The number of anilines is 2. The molecule has 1 aliphatic carbocycles. The van der Waals surface area contributed by atoms with Gasteiger partial charge in [0.25, 0.3) is 12.3 Å². The van der Waals surface area contributed by atoms with E-state index in [2.05, 4.69) is 47.4 Å².